The summed E-state index contributed by atoms with van der Waals surface area (Å²) < 4.78 is 0. The van der Waals surface area contributed by atoms with E-state index in [9.17, 15) is 0 Å². The van der Waals surface area contributed by atoms with Gasteiger partial charge in [-0.15, -0.1) is 0 Å². The standard InChI is InChI=1S/C14H16.2C2H6.CH4/c1-4-5-9-12(2)13(3)14-10-7-6-8-11-14;2*1-2;/h4-11H,1H2,2-3H3;2*1-2H3;1H4/b9-5-,13-12+;;;. The zero-order valence-electron chi connectivity index (χ0n) is 12.8. The minimum atomic E-state index is 0. The van der Waals surface area contributed by atoms with Gasteiger partial charge in [0.2, 0.25) is 0 Å². The van der Waals surface area contributed by atoms with Gasteiger partial charge < -0.3 is 0 Å². The van der Waals surface area contributed by atoms with Crippen molar-refractivity contribution in [3.8, 4) is 0 Å². The fourth-order valence-corrected chi connectivity index (χ4v) is 1.25. The minimum Gasteiger partial charge on any atom is -0.0991 e. The lowest BCUT2D eigenvalue weighted by molar-refractivity contribution is 1.46. The Bertz CT molecular complexity index is 353. The van der Waals surface area contributed by atoms with E-state index in [0.717, 1.165) is 0 Å². The highest BCUT2D eigenvalue weighted by molar-refractivity contribution is 5.68. The molecule has 0 saturated carbocycles. The van der Waals surface area contributed by atoms with Crippen molar-refractivity contribution >= 4 is 5.57 Å². The maximum Gasteiger partial charge on any atom is -0.0225 e. The molecule has 0 aliphatic carbocycles. The average Bonchev–Trinajstić information content (AvgIpc) is 2.49. The number of allylic oxidation sites excluding steroid dienone is 5. The molecule has 0 nitrogen and oxygen atoms in total. The van der Waals surface area contributed by atoms with Crippen LogP contribution in [0.25, 0.3) is 5.57 Å². The monoisotopic (exact) mass is 260 g/mol. The third-order valence-electron chi connectivity index (χ3n) is 2.28. The lowest BCUT2D eigenvalue weighted by atomic mass is 10.0. The molecule has 0 unspecified atom stereocenters. The van der Waals surface area contributed by atoms with Crippen molar-refractivity contribution in [2.24, 2.45) is 0 Å². The third kappa shape index (κ3) is 10.1. The van der Waals surface area contributed by atoms with Crippen molar-refractivity contribution < 1.29 is 0 Å². The van der Waals surface area contributed by atoms with Crippen molar-refractivity contribution in [2.75, 3.05) is 0 Å². The molecule has 0 aromatic heterocycles. The Morgan fingerprint density at radius 2 is 1.42 bits per heavy atom. The Labute approximate surface area is 121 Å². The van der Waals surface area contributed by atoms with E-state index >= 15 is 0 Å². The highest BCUT2D eigenvalue weighted by Gasteiger charge is 1.95. The molecule has 0 heteroatoms. The maximum atomic E-state index is 3.66. The first-order valence-corrected chi connectivity index (χ1v) is 6.77. The summed E-state index contributed by atoms with van der Waals surface area (Å²) in [6, 6.07) is 10.4. The number of hydrogen-bond donors (Lipinski definition) is 0. The second-order valence-electron chi connectivity index (χ2n) is 3.27. The fraction of sp³-hybridized carbons (Fsp3) is 0.368. The first kappa shape index (κ1) is 22.6. The normalized spacial score (nSPS) is 10.0. The van der Waals surface area contributed by atoms with Crippen LogP contribution in [0.1, 0.15) is 54.5 Å². The van der Waals surface area contributed by atoms with E-state index in [-0.39, 0.29) is 7.43 Å². The summed E-state index contributed by atoms with van der Waals surface area (Å²) in [4.78, 5) is 0. The van der Waals surface area contributed by atoms with Crippen LogP contribution in [-0.4, -0.2) is 0 Å². The van der Waals surface area contributed by atoms with E-state index in [1.807, 2.05) is 39.8 Å². The second kappa shape index (κ2) is 16.4. The molecule has 0 fully saturated rings. The summed E-state index contributed by atoms with van der Waals surface area (Å²) in [6.07, 6.45) is 5.83. The van der Waals surface area contributed by atoms with E-state index < -0.39 is 0 Å². The molecule has 0 bridgehead atoms. The van der Waals surface area contributed by atoms with Gasteiger partial charge in [0, 0.05) is 0 Å². The van der Waals surface area contributed by atoms with Gasteiger partial charge in [-0.05, 0) is 30.6 Å². The molecule has 108 valence electrons. The van der Waals surface area contributed by atoms with Gasteiger partial charge >= 0.3 is 0 Å². The highest BCUT2D eigenvalue weighted by atomic mass is 14.0. The van der Waals surface area contributed by atoms with Gasteiger partial charge in [-0.25, -0.2) is 0 Å². The van der Waals surface area contributed by atoms with Crippen molar-refractivity contribution in [1.29, 1.82) is 0 Å². The zero-order valence-corrected chi connectivity index (χ0v) is 12.8. The molecule has 1 rings (SSSR count). The number of hydrogen-bond acceptors (Lipinski definition) is 0. The molecule has 0 saturated heterocycles. The lowest BCUT2D eigenvalue weighted by Crippen LogP contribution is -1.81. The van der Waals surface area contributed by atoms with Crippen LogP contribution in [0.2, 0.25) is 0 Å². The summed E-state index contributed by atoms with van der Waals surface area (Å²) in [5.74, 6) is 0. The van der Waals surface area contributed by atoms with Gasteiger partial charge in [-0.3, -0.25) is 0 Å². The van der Waals surface area contributed by atoms with Gasteiger partial charge in [0.15, 0.2) is 0 Å². The average molecular weight is 260 g/mol. The van der Waals surface area contributed by atoms with Gasteiger partial charge in [0.25, 0.3) is 0 Å². The maximum absolute atomic E-state index is 3.66. The SMILES string of the molecule is C.C=C/C=C\C(C)=C(/C)c1ccccc1.CC.CC. The molecule has 0 aliphatic rings. The molecule has 0 heterocycles. The molecule has 19 heavy (non-hydrogen) atoms. The topological polar surface area (TPSA) is 0 Å². The van der Waals surface area contributed by atoms with Crippen LogP contribution in [0.4, 0.5) is 0 Å². The summed E-state index contributed by atoms with van der Waals surface area (Å²) >= 11 is 0. The quantitative estimate of drug-likeness (QED) is 0.518. The van der Waals surface area contributed by atoms with E-state index in [1.165, 1.54) is 16.7 Å². The fourth-order valence-electron chi connectivity index (χ4n) is 1.25. The molecular formula is C19H32. The van der Waals surface area contributed by atoms with Crippen LogP contribution in [0.5, 0.6) is 0 Å². The van der Waals surface area contributed by atoms with Gasteiger partial charge in [-0.1, -0.05) is 90.3 Å². The molecule has 0 amide bonds. The summed E-state index contributed by atoms with van der Waals surface area (Å²) in [5.41, 5.74) is 3.86. The lowest BCUT2D eigenvalue weighted by Gasteiger charge is -2.03. The van der Waals surface area contributed by atoms with Crippen LogP contribution in [0, 0.1) is 0 Å². The van der Waals surface area contributed by atoms with Gasteiger partial charge in [0.05, 0.1) is 0 Å². The molecule has 0 atom stereocenters. The molecule has 0 radical (unpaired) electrons. The van der Waals surface area contributed by atoms with Crippen molar-refractivity contribution in [1.82, 2.24) is 0 Å². The molecular weight excluding hydrogens is 228 g/mol. The Kier molecular flexibility index (Phi) is 19.6. The van der Waals surface area contributed by atoms with Gasteiger partial charge in [-0.2, -0.15) is 0 Å². The zero-order chi connectivity index (χ0) is 14.4. The van der Waals surface area contributed by atoms with E-state index in [4.69, 9.17) is 0 Å². The van der Waals surface area contributed by atoms with Crippen molar-refractivity contribution in [3.63, 3.8) is 0 Å². The molecule has 0 N–H and O–H groups in total. The summed E-state index contributed by atoms with van der Waals surface area (Å²) in [6.45, 7) is 15.9. The van der Waals surface area contributed by atoms with Crippen LogP contribution < -0.4 is 0 Å². The van der Waals surface area contributed by atoms with Crippen molar-refractivity contribution in [2.45, 2.75) is 49.0 Å². The summed E-state index contributed by atoms with van der Waals surface area (Å²) in [5, 5.41) is 0. The second-order valence-corrected chi connectivity index (χ2v) is 3.27. The Balaban J connectivity index is -0.000000467. The Morgan fingerprint density at radius 1 is 0.947 bits per heavy atom. The van der Waals surface area contributed by atoms with Crippen LogP contribution >= 0.6 is 0 Å². The largest absolute Gasteiger partial charge is 0.0991 e. The van der Waals surface area contributed by atoms with E-state index in [0.29, 0.717) is 0 Å². The minimum absolute atomic E-state index is 0. The van der Waals surface area contributed by atoms with Crippen LogP contribution in [-0.2, 0) is 0 Å². The summed E-state index contributed by atoms with van der Waals surface area (Å²) in [7, 11) is 0. The van der Waals surface area contributed by atoms with Crippen LogP contribution in [0.3, 0.4) is 0 Å². The van der Waals surface area contributed by atoms with E-state index in [2.05, 4.69) is 50.8 Å². The molecule has 0 spiro atoms. The van der Waals surface area contributed by atoms with Crippen LogP contribution in [0.15, 0.2) is 60.7 Å². The Hall–Kier alpha value is -1.56. The number of rotatable bonds is 3. The first-order chi connectivity index (χ1) is 8.75. The van der Waals surface area contributed by atoms with Crippen molar-refractivity contribution in [3.05, 3.63) is 66.3 Å². The molecule has 1 aromatic rings. The molecule has 1 aromatic carbocycles. The highest BCUT2D eigenvalue weighted by Crippen LogP contribution is 2.18. The Morgan fingerprint density at radius 3 is 1.84 bits per heavy atom. The first-order valence-electron chi connectivity index (χ1n) is 6.77. The van der Waals surface area contributed by atoms with E-state index in [1.54, 1.807) is 6.08 Å². The predicted molar refractivity (Wildman–Crippen MR) is 93.5 cm³/mol. The molecule has 0 aliphatic heterocycles. The number of benzene rings is 1. The van der Waals surface area contributed by atoms with Gasteiger partial charge in [0.1, 0.15) is 0 Å². The third-order valence-corrected chi connectivity index (χ3v) is 2.28. The smallest absolute Gasteiger partial charge is 0.0225 e. The predicted octanol–water partition coefficient (Wildman–Crippen LogP) is 6.91.